The van der Waals surface area contributed by atoms with Crippen molar-refractivity contribution in [1.29, 1.82) is 0 Å². The van der Waals surface area contributed by atoms with E-state index >= 15 is 0 Å². The molecule has 4 heteroatoms. The first-order chi connectivity index (χ1) is 10.1. The summed E-state index contributed by atoms with van der Waals surface area (Å²) in [5.41, 5.74) is 0. The Labute approximate surface area is 126 Å². The second-order valence-corrected chi connectivity index (χ2v) is 5.94. The van der Waals surface area contributed by atoms with Crippen LogP contribution in [0.4, 0.5) is 0 Å². The lowest BCUT2D eigenvalue weighted by Gasteiger charge is -2.14. The summed E-state index contributed by atoms with van der Waals surface area (Å²) in [4.78, 5) is 13.6. The molecule has 1 aliphatic carbocycles. The zero-order valence-corrected chi connectivity index (χ0v) is 12.9. The molecule has 2 unspecified atom stereocenters. The second kappa shape index (κ2) is 7.46. The van der Waals surface area contributed by atoms with E-state index in [0.29, 0.717) is 12.5 Å². The maximum atomic E-state index is 11.9. The molecule has 0 spiro atoms. The number of aliphatic hydroxyl groups excluding tert-OH is 1. The van der Waals surface area contributed by atoms with Crippen LogP contribution >= 0.6 is 0 Å². The van der Waals surface area contributed by atoms with Crippen molar-refractivity contribution in [3.05, 3.63) is 29.7 Å². The monoisotopic (exact) mass is 291 g/mol. The molecule has 0 bridgehead atoms. The Balaban J connectivity index is 1.77. The number of carbonyl (C=O) groups excluding carboxylic acids is 1. The van der Waals surface area contributed by atoms with Gasteiger partial charge in [0.15, 0.2) is 0 Å². The third-order valence-corrected chi connectivity index (χ3v) is 4.04. The van der Waals surface area contributed by atoms with Crippen LogP contribution in [0.2, 0.25) is 0 Å². The number of aliphatic hydroxyl groups is 1. The topological polar surface area (TPSA) is 53.7 Å². The maximum absolute atomic E-state index is 11.9. The van der Waals surface area contributed by atoms with Gasteiger partial charge in [0.25, 0.3) is 0 Å². The highest BCUT2D eigenvalue weighted by Crippen LogP contribution is 2.47. The van der Waals surface area contributed by atoms with E-state index in [1.165, 1.54) is 6.42 Å². The lowest BCUT2D eigenvalue weighted by Crippen LogP contribution is -2.25. The Morgan fingerprint density at radius 1 is 1.43 bits per heavy atom. The van der Waals surface area contributed by atoms with Gasteiger partial charge in [0.2, 0.25) is 5.91 Å². The number of furan rings is 1. The van der Waals surface area contributed by atoms with E-state index < -0.39 is 0 Å². The quantitative estimate of drug-likeness (QED) is 0.591. The zero-order chi connectivity index (χ0) is 15.2. The number of carbonyl (C=O) groups is 1. The summed E-state index contributed by atoms with van der Waals surface area (Å²) in [5, 5.41) is 8.71. The lowest BCUT2D eigenvalue weighted by molar-refractivity contribution is -0.124. The highest BCUT2D eigenvalue weighted by Gasteiger charge is 2.36. The molecule has 2 rings (SSSR count). The summed E-state index contributed by atoms with van der Waals surface area (Å²) in [6.45, 7) is 3.15. The summed E-state index contributed by atoms with van der Waals surface area (Å²) >= 11 is 0. The molecule has 21 heavy (non-hydrogen) atoms. The van der Waals surface area contributed by atoms with Crippen LogP contribution in [0.25, 0.3) is 6.08 Å². The molecule has 1 heterocycles. The molecule has 0 aromatic carbocycles. The number of likely N-dealkylation sites (N-methyl/N-ethyl adjacent to an activating group) is 1. The smallest absolute Gasteiger partial charge is 0.246 e. The Hall–Kier alpha value is -1.55. The van der Waals surface area contributed by atoms with Gasteiger partial charge in [-0.15, -0.1) is 0 Å². The third-order valence-electron chi connectivity index (χ3n) is 4.04. The van der Waals surface area contributed by atoms with Crippen LogP contribution < -0.4 is 0 Å². The van der Waals surface area contributed by atoms with Crippen molar-refractivity contribution in [2.75, 3.05) is 20.2 Å². The zero-order valence-electron chi connectivity index (χ0n) is 12.9. The molecule has 116 valence electrons. The molecule has 1 N–H and O–H groups in total. The number of amides is 1. The summed E-state index contributed by atoms with van der Waals surface area (Å²) in [6.07, 6.45) is 7.16. The van der Waals surface area contributed by atoms with Crippen molar-refractivity contribution in [3.8, 4) is 0 Å². The van der Waals surface area contributed by atoms with Gasteiger partial charge >= 0.3 is 0 Å². The van der Waals surface area contributed by atoms with Crippen LogP contribution in [-0.2, 0) is 4.79 Å². The average molecular weight is 291 g/mol. The number of hydrogen-bond donors (Lipinski definition) is 1. The first-order valence-electron chi connectivity index (χ1n) is 7.75. The van der Waals surface area contributed by atoms with Crippen LogP contribution in [0.1, 0.15) is 50.0 Å². The van der Waals surface area contributed by atoms with Crippen LogP contribution in [0.3, 0.4) is 0 Å². The first kappa shape index (κ1) is 15.8. The van der Waals surface area contributed by atoms with Gasteiger partial charge in [-0.25, -0.2) is 0 Å². The van der Waals surface area contributed by atoms with Gasteiger partial charge in [-0.05, 0) is 49.8 Å². The van der Waals surface area contributed by atoms with Crippen LogP contribution in [-0.4, -0.2) is 36.1 Å². The Bertz CT molecular complexity index is 492. The van der Waals surface area contributed by atoms with Crippen molar-refractivity contribution in [3.63, 3.8) is 0 Å². The highest BCUT2D eigenvalue weighted by atomic mass is 16.3. The van der Waals surface area contributed by atoms with E-state index in [-0.39, 0.29) is 12.5 Å². The first-order valence-corrected chi connectivity index (χ1v) is 7.75. The normalized spacial score (nSPS) is 20.9. The van der Waals surface area contributed by atoms with Gasteiger partial charge in [-0.2, -0.15) is 0 Å². The fourth-order valence-electron chi connectivity index (χ4n) is 2.40. The molecule has 0 aliphatic heterocycles. The van der Waals surface area contributed by atoms with Crippen molar-refractivity contribution in [2.24, 2.45) is 5.92 Å². The van der Waals surface area contributed by atoms with Crippen molar-refractivity contribution < 1.29 is 14.3 Å². The van der Waals surface area contributed by atoms with Gasteiger partial charge in [-0.1, -0.05) is 6.92 Å². The Kier molecular flexibility index (Phi) is 5.62. The lowest BCUT2D eigenvalue weighted by atomic mass is 10.2. The largest absolute Gasteiger partial charge is 0.461 e. The summed E-state index contributed by atoms with van der Waals surface area (Å²) in [7, 11) is 1.80. The van der Waals surface area contributed by atoms with E-state index in [4.69, 9.17) is 9.52 Å². The van der Waals surface area contributed by atoms with E-state index in [0.717, 1.165) is 36.7 Å². The molecule has 2 atom stereocenters. The van der Waals surface area contributed by atoms with Gasteiger partial charge in [-0.3, -0.25) is 4.79 Å². The van der Waals surface area contributed by atoms with Gasteiger partial charge < -0.3 is 14.4 Å². The van der Waals surface area contributed by atoms with Crippen molar-refractivity contribution in [2.45, 2.75) is 38.5 Å². The van der Waals surface area contributed by atoms with Gasteiger partial charge in [0, 0.05) is 32.2 Å². The van der Waals surface area contributed by atoms with Crippen molar-refractivity contribution in [1.82, 2.24) is 4.90 Å². The predicted octanol–water partition coefficient (Wildman–Crippen LogP) is 3.04. The molecule has 1 saturated carbocycles. The fourth-order valence-corrected chi connectivity index (χ4v) is 2.40. The van der Waals surface area contributed by atoms with Gasteiger partial charge in [0.1, 0.15) is 11.5 Å². The van der Waals surface area contributed by atoms with Crippen LogP contribution in [0, 0.1) is 5.92 Å². The molecule has 4 nitrogen and oxygen atoms in total. The van der Waals surface area contributed by atoms with E-state index in [9.17, 15) is 4.79 Å². The maximum Gasteiger partial charge on any atom is 0.246 e. The van der Waals surface area contributed by atoms with Crippen LogP contribution in [0.15, 0.2) is 22.6 Å². The summed E-state index contributed by atoms with van der Waals surface area (Å²) < 4.78 is 5.74. The SMILES string of the molecule is CC1CC1c1ccc(/C=C/C(=O)N(C)CCCCCO)o1. The minimum atomic E-state index is -0.0169. The standard InChI is InChI=1S/C17H25NO3/c1-13-12-15(13)16-8-6-14(21-16)7-9-17(20)18(2)10-4-3-5-11-19/h6-9,13,15,19H,3-5,10-12H2,1-2H3/b9-7+. The third kappa shape index (κ3) is 4.74. The number of unbranched alkanes of at least 4 members (excludes halogenated alkanes) is 2. The Morgan fingerprint density at radius 2 is 2.19 bits per heavy atom. The molecule has 0 radical (unpaired) electrons. The van der Waals surface area contributed by atoms with Crippen LogP contribution in [0.5, 0.6) is 0 Å². The summed E-state index contributed by atoms with van der Waals surface area (Å²) in [6, 6.07) is 3.93. The number of rotatable bonds is 8. The minimum Gasteiger partial charge on any atom is -0.461 e. The summed E-state index contributed by atoms with van der Waals surface area (Å²) in [5.74, 6) is 3.05. The molecular weight excluding hydrogens is 266 g/mol. The fraction of sp³-hybridized carbons (Fsp3) is 0.588. The average Bonchev–Trinajstić information content (AvgIpc) is 3.02. The highest BCUT2D eigenvalue weighted by molar-refractivity contribution is 5.91. The molecule has 1 amide bonds. The molecular formula is C17H25NO3. The second-order valence-electron chi connectivity index (χ2n) is 5.94. The predicted molar refractivity (Wildman–Crippen MR) is 82.8 cm³/mol. The molecule has 1 aliphatic rings. The van der Waals surface area contributed by atoms with Crippen molar-refractivity contribution >= 4 is 12.0 Å². The molecule has 0 saturated heterocycles. The van der Waals surface area contributed by atoms with E-state index in [2.05, 4.69) is 6.92 Å². The van der Waals surface area contributed by atoms with Gasteiger partial charge in [0.05, 0.1) is 0 Å². The molecule has 1 aromatic heterocycles. The Morgan fingerprint density at radius 3 is 2.86 bits per heavy atom. The minimum absolute atomic E-state index is 0.0169. The molecule has 1 fully saturated rings. The van der Waals surface area contributed by atoms with E-state index in [1.54, 1.807) is 24.1 Å². The molecule has 1 aromatic rings. The number of hydrogen-bond acceptors (Lipinski definition) is 3. The number of nitrogens with zero attached hydrogens (tertiary/aromatic N) is 1. The van der Waals surface area contributed by atoms with E-state index in [1.807, 2.05) is 12.1 Å².